The van der Waals surface area contributed by atoms with Gasteiger partial charge < -0.3 is 4.74 Å². The Morgan fingerprint density at radius 3 is 2.76 bits per heavy atom. The Bertz CT molecular complexity index is 750. The Hall–Kier alpha value is -1.85. The van der Waals surface area contributed by atoms with Gasteiger partial charge in [0.2, 0.25) is 0 Å². The Labute approximate surface area is 131 Å². The lowest BCUT2D eigenvalue weighted by molar-refractivity contribution is 0.101. The molecular formula is C16H13NO2S2. The summed E-state index contributed by atoms with van der Waals surface area (Å²) >= 11 is 3.08. The molecule has 1 aromatic heterocycles. The van der Waals surface area contributed by atoms with Crippen molar-refractivity contribution in [2.45, 2.75) is 4.34 Å². The zero-order valence-corrected chi connectivity index (χ0v) is 13.0. The SMILES string of the molecule is COc1ccccc1C(=O)CSc1nc2ccccc2s1. The van der Waals surface area contributed by atoms with E-state index in [-0.39, 0.29) is 5.78 Å². The molecule has 3 nitrogen and oxygen atoms in total. The molecule has 3 aromatic rings. The number of carbonyl (C=O) groups excluding carboxylic acids is 1. The van der Waals surface area contributed by atoms with E-state index in [1.54, 1.807) is 30.6 Å². The fourth-order valence-corrected chi connectivity index (χ4v) is 3.94. The van der Waals surface area contributed by atoms with Gasteiger partial charge in [0, 0.05) is 0 Å². The summed E-state index contributed by atoms with van der Waals surface area (Å²) in [6.07, 6.45) is 0. The summed E-state index contributed by atoms with van der Waals surface area (Å²) in [5.41, 5.74) is 1.60. The van der Waals surface area contributed by atoms with E-state index in [1.165, 1.54) is 11.8 Å². The number of fused-ring (bicyclic) bond motifs is 1. The molecule has 0 spiro atoms. The van der Waals surface area contributed by atoms with Gasteiger partial charge in [0.15, 0.2) is 10.1 Å². The topological polar surface area (TPSA) is 39.2 Å². The minimum Gasteiger partial charge on any atom is -0.496 e. The van der Waals surface area contributed by atoms with Crippen LogP contribution in [0.5, 0.6) is 5.75 Å². The van der Waals surface area contributed by atoms with Crippen molar-refractivity contribution in [2.24, 2.45) is 0 Å². The molecular weight excluding hydrogens is 302 g/mol. The van der Waals surface area contributed by atoms with Gasteiger partial charge in [-0.25, -0.2) is 4.98 Å². The number of benzene rings is 2. The summed E-state index contributed by atoms with van der Waals surface area (Å²) in [5.74, 6) is 1.03. The molecule has 2 aromatic carbocycles. The maximum Gasteiger partial charge on any atom is 0.176 e. The first-order valence-corrected chi connectivity index (χ1v) is 8.23. The lowest BCUT2D eigenvalue weighted by Crippen LogP contribution is -2.04. The largest absolute Gasteiger partial charge is 0.496 e. The van der Waals surface area contributed by atoms with Gasteiger partial charge in [-0.3, -0.25) is 4.79 Å². The second kappa shape index (κ2) is 6.28. The van der Waals surface area contributed by atoms with Gasteiger partial charge in [-0.15, -0.1) is 11.3 Å². The van der Waals surface area contributed by atoms with E-state index in [1.807, 2.05) is 36.4 Å². The number of Topliss-reactive ketones (excluding diaryl/α,β-unsaturated/α-hetero) is 1. The molecule has 0 amide bonds. The van der Waals surface area contributed by atoms with Crippen molar-refractivity contribution in [3.05, 3.63) is 54.1 Å². The Morgan fingerprint density at radius 2 is 1.95 bits per heavy atom. The number of rotatable bonds is 5. The number of carbonyl (C=O) groups is 1. The molecule has 21 heavy (non-hydrogen) atoms. The number of hydrogen-bond acceptors (Lipinski definition) is 5. The first kappa shape index (κ1) is 14.1. The molecule has 0 N–H and O–H groups in total. The highest BCUT2D eigenvalue weighted by atomic mass is 32.2. The molecule has 0 bridgehead atoms. The highest BCUT2D eigenvalue weighted by molar-refractivity contribution is 8.01. The van der Waals surface area contributed by atoms with Gasteiger partial charge in [0.25, 0.3) is 0 Å². The third-order valence-corrected chi connectivity index (χ3v) is 5.19. The van der Waals surface area contributed by atoms with Gasteiger partial charge >= 0.3 is 0 Å². The number of thiazole rings is 1. The van der Waals surface area contributed by atoms with Crippen LogP contribution in [-0.4, -0.2) is 23.6 Å². The minimum absolute atomic E-state index is 0.0525. The molecule has 0 atom stereocenters. The van der Waals surface area contributed by atoms with Crippen LogP contribution in [-0.2, 0) is 0 Å². The summed E-state index contributed by atoms with van der Waals surface area (Å²) in [6.45, 7) is 0. The molecule has 0 saturated heterocycles. The van der Waals surface area contributed by atoms with Gasteiger partial charge in [-0.1, -0.05) is 36.0 Å². The van der Waals surface area contributed by atoms with Crippen LogP contribution in [0.15, 0.2) is 52.9 Å². The van der Waals surface area contributed by atoms with E-state index in [0.29, 0.717) is 17.1 Å². The highest BCUT2D eigenvalue weighted by Crippen LogP contribution is 2.30. The zero-order chi connectivity index (χ0) is 14.7. The first-order chi connectivity index (χ1) is 10.3. The minimum atomic E-state index is 0.0525. The van der Waals surface area contributed by atoms with E-state index >= 15 is 0 Å². The standard InChI is InChI=1S/C16H13NO2S2/c1-19-14-8-4-2-6-11(14)13(18)10-20-16-17-12-7-3-5-9-15(12)21-16/h2-9H,10H2,1H3. The highest BCUT2D eigenvalue weighted by Gasteiger charge is 2.13. The van der Waals surface area contributed by atoms with Crippen LogP contribution in [0.1, 0.15) is 10.4 Å². The molecule has 0 saturated carbocycles. The molecule has 0 aliphatic rings. The molecule has 0 aliphatic heterocycles. The number of nitrogens with zero attached hydrogens (tertiary/aromatic N) is 1. The molecule has 106 valence electrons. The van der Waals surface area contributed by atoms with Crippen molar-refractivity contribution < 1.29 is 9.53 Å². The van der Waals surface area contributed by atoms with Crippen molar-refractivity contribution in [3.63, 3.8) is 0 Å². The van der Waals surface area contributed by atoms with E-state index in [2.05, 4.69) is 4.98 Å². The number of aromatic nitrogens is 1. The monoisotopic (exact) mass is 315 g/mol. The number of hydrogen-bond donors (Lipinski definition) is 0. The average Bonchev–Trinajstić information content (AvgIpc) is 2.95. The van der Waals surface area contributed by atoms with Crippen molar-refractivity contribution in [1.82, 2.24) is 4.98 Å². The Morgan fingerprint density at radius 1 is 1.19 bits per heavy atom. The van der Waals surface area contributed by atoms with Crippen LogP contribution in [0.3, 0.4) is 0 Å². The van der Waals surface area contributed by atoms with Crippen LogP contribution in [0, 0.1) is 0 Å². The summed E-state index contributed by atoms with van der Waals surface area (Å²) in [4.78, 5) is 16.8. The van der Waals surface area contributed by atoms with Crippen LogP contribution in [0.25, 0.3) is 10.2 Å². The zero-order valence-electron chi connectivity index (χ0n) is 11.4. The molecule has 0 radical (unpaired) electrons. The van der Waals surface area contributed by atoms with Gasteiger partial charge in [-0.2, -0.15) is 0 Å². The predicted octanol–water partition coefficient (Wildman–Crippen LogP) is 4.28. The third-order valence-electron chi connectivity index (χ3n) is 3.01. The molecule has 0 unspecified atom stereocenters. The summed E-state index contributed by atoms with van der Waals surface area (Å²) in [6, 6.07) is 15.3. The normalized spacial score (nSPS) is 10.7. The van der Waals surface area contributed by atoms with Crippen molar-refractivity contribution in [1.29, 1.82) is 0 Å². The van der Waals surface area contributed by atoms with E-state index in [4.69, 9.17) is 4.74 Å². The van der Waals surface area contributed by atoms with Crippen LogP contribution < -0.4 is 4.74 Å². The van der Waals surface area contributed by atoms with E-state index < -0.39 is 0 Å². The second-order valence-corrected chi connectivity index (χ2v) is 6.61. The number of ether oxygens (including phenoxy) is 1. The van der Waals surface area contributed by atoms with Gasteiger partial charge in [0.1, 0.15) is 5.75 Å². The average molecular weight is 315 g/mol. The molecule has 1 heterocycles. The fourth-order valence-electron chi connectivity index (χ4n) is 1.99. The second-order valence-electron chi connectivity index (χ2n) is 4.36. The molecule has 0 fully saturated rings. The van der Waals surface area contributed by atoms with Crippen LogP contribution >= 0.6 is 23.1 Å². The van der Waals surface area contributed by atoms with Gasteiger partial charge in [-0.05, 0) is 24.3 Å². The summed E-state index contributed by atoms with van der Waals surface area (Å²) in [7, 11) is 1.58. The van der Waals surface area contributed by atoms with Gasteiger partial charge in [0.05, 0.1) is 28.6 Å². The third kappa shape index (κ3) is 3.09. The van der Waals surface area contributed by atoms with E-state index in [0.717, 1.165) is 14.6 Å². The van der Waals surface area contributed by atoms with Crippen molar-refractivity contribution in [3.8, 4) is 5.75 Å². The molecule has 5 heteroatoms. The summed E-state index contributed by atoms with van der Waals surface area (Å²) in [5, 5.41) is 0. The van der Waals surface area contributed by atoms with Crippen LogP contribution in [0.4, 0.5) is 0 Å². The molecule has 3 rings (SSSR count). The maximum absolute atomic E-state index is 12.3. The number of ketones is 1. The molecule has 0 aliphatic carbocycles. The predicted molar refractivity (Wildman–Crippen MR) is 87.7 cm³/mol. The Kier molecular flexibility index (Phi) is 4.22. The number of methoxy groups -OCH3 is 1. The van der Waals surface area contributed by atoms with Crippen molar-refractivity contribution >= 4 is 39.1 Å². The number of para-hydroxylation sites is 2. The van der Waals surface area contributed by atoms with E-state index in [9.17, 15) is 4.79 Å². The summed E-state index contributed by atoms with van der Waals surface area (Å²) < 4.78 is 7.28. The van der Waals surface area contributed by atoms with Crippen LogP contribution in [0.2, 0.25) is 0 Å². The number of thioether (sulfide) groups is 1. The van der Waals surface area contributed by atoms with Crippen molar-refractivity contribution in [2.75, 3.05) is 12.9 Å². The lowest BCUT2D eigenvalue weighted by Gasteiger charge is -2.06. The Balaban J connectivity index is 1.73. The first-order valence-electron chi connectivity index (χ1n) is 6.42. The quantitative estimate of drug-likeness (QED) is 0.520. The maximum atomic E-state index is 12.3. The lowest BCUT2D eigenvalue weighted by atomic mass is 10.1. The smallest absolute Gasteiger partial charge is 0.176 e. The fraction of sp³-hybridized carbons (Fsp3) is 0.125.